The number of nitrogens with zero attached hydrogens (tertiary/aromatic N) is 4. The summed E-state index contributed by atoms with van der Waals surface area (Å²) in [5, 5.41) is 8.82. The molecule has 0 aliphatic heterocycles. The minimum absolute atomic E-state index is 0. The van der Waals surface area contributed by atoms with Gasteiger partial charge in [-0.2, -0.15) is 23.7 Å². The van der Waals surface area contributed by atoms with Crippen molar-refractivity contribution in [2.24, 2.45) is 0 Å². The molecule has 1 aromatic heterocycles. The Morgan fingerprint density at radius 3 is 2.76 bits per heavy atom. The second-order valence-electron chi connectivity index (χ2n) is 3.75. The molecule has 0 aliphatic carbocycles. The third-order valence-corrected chi connectivity index (χ3v) is 1.80. The summed E-state index contributed by atoms with van der Waals surface area (Å²) < 4.78 is 5.51. The predicted molar refractivity (Wildman–Crippen MR) is 70.2 cm³/mol. The van der Waals surface area contributed by atoms with Crippen LogP contribution in [-0.4, -0.2) is 41.6 Å². The Hall–Kier alpha value is -1.52. The highest BCUT2D eigenvalue weighted by Crippen LogP contribution is 2.14. The first-order chi connectivity index (χ1) is 7.52. The van der Waals surface area contributed by atoms with Gasteiger partial charge in [0.25, 0.3) is 5.88 Å². The number of rotatable bonds is 4. The Labute approximate surface area is 108 Å². The lowest BCUT2D eigenvalue weighted by Gasteiger charge is -2.18. The van der Waals surface area contributed by atoms with Gasteiger partial charge in [-0.25, -0.2) is 4.98 Å². The minimum atomic E-state index is -0.0850. The van der Waals surface area contributed by atoms with Crippen molar-refractivity contribution in [2.45, 2.75) is 13.0 Å². The molecule has 0 saturated carbocycles. The topological polar surface area (TPSA) is 88.1 Å². The Kier molecular flexibility index (Phi) is 6.31. The molecule has 1 heterocycles. The van der Waals surface area contributed by atoms with E-state index in [0.717, 1.165) is 6.54 Å². The van der Waals surface area contributed by atoms with Crippen molar-refractivity contribution < 1.29 is 4.74 Å². The van der Waals surface area contributed by atoms with Crippen molar-refractivity contribution in [3.05, 3.63) is 11.9 Å². The highest BCUT2D eigenvalue weighted by Gasteiger charge is 2.12. The first kappa shape index (κ1) is 15.5. The first-order valence-electron chi connectivity index (χ1n) is 4.87. The van der Waals surface area contributed by atoms with Crippen LogP contribution >= 0.6 is 13.5 Å². The first-order valence-corrected chi connectivity index (χ1v) is 4.87. The van der Waals surface area contributed by atoms with Crippen LogP contribution in [0.15, 0.2) is 6.20 Å². The predicted octanol–water partition coefficient (Wildman–Crippen LogP) is 0.372. The Balaban J connectivity index is 0.00000256. The maximum absolute atomic E-state index is 8.82. The third kappa shape index (κ3) is 4.89. The van der Waals surface area contributed by atoms with Crippen LogP contribution in [0.25, 0.3) is 0 Å². The van der Waals surface area contributed by atoms with Gasteiger partial charge < -0.3 is 15.4 Å². The van der Waals surface area contributed by atoms with E-state index >= 15 is 0 Å². The molecule has 0 saturated heterocycles. The highest BCUT2D eigenvalue weighted by atomic mass is 32.1. The summed E-state index contributed by atoms with van der Waals surface area (Å²) >= 11 is 0. The zero-order valence-corrected chi connectivity index (χ0v) is 11.1. The molecule has 0 aromatic carbocycles. The van der Waals surface area contributed by atoms with E-state index in [1.807, 2.05) is 32.0 Å². The summed E-state index contributed by atoms with van der Waals surface area (Å²) in [5.41, 5.74) is 5.64. The molecule has 0 amide bonds. The SMILES string of the molecule is C[C@@H](CN(C)C)Oc1nc(N)cnc1C#N.S. The molecule has 0 bridgehead atoms. The van der Waals surface area contributed by atoms with Gasteiger partial charge in [0.2, 0.25) is 5.69 Å². The quantitative estimate of drug-likeness (QED) is 0.836. The van der Waals surface area contributed by atoms with Gasteiger partial charge in [0, 0.05) is 6.54 Å². The normalized spacial score (nSPS) is 11.5. The monoisotopic (exact) mass is 255 g/mol. The van der Waals surface area contributed by atoms with E-state index in [4.69, 9.17) is 15.7 Å². The molecule has 1 aromatic rings. The fourth-order valence-corrected chi connectivity index (χ4v) is 1.29. The number of nitrogens with two attached hydrogens (primary N) is 1. The van der Waals surface area contributed by atoms with Gasteiger partial charge in [-0.05, 0) is 21.0 Å². The van der Waals surface area contributed by atoms with Crippen LogP contribution in [0, 0.1) is 11.3 Å². The van der Waals surface area contributed by atoms with E-state index in [1.54, 1.807) is 0 Å². The third-order valence-electron chi connectivity index (χ3n) is 1.80. The number of anilines is 1. The van der Waals surface area contributed by atoms with Gasteiger partial charge in [-0.15, -0.1) is 0 Å². The number of ether oxygens (including phenoxy) is 1. The summed E-state index contributed by atoms with van der Waals surface area (Å²) in [6.07, 6.45) is 1.25. The molecule has 7 heteroatoms. The fraction of sp³-hybridized carbons (Fsp3) is 0.500. The van der Waals surface area contributed by atoms with Crippen molar-refractivity contribution in [1.82, 2.24) is 14.9 Å². The van der Waals surface area contributed by atoms with Crippen molar-refractivity contribution in [3.63, 3.8) is 0 Å². The second kappa shape index (κ2) is 6.93. The molecule has 0 spiro atoms. The lowest BCUT2D eigenvalue weighted by molar-refractivity contribution is 0.169. The fourth-order valence-electron chi connectivity index (χ4n) is 1.29. The van der Waals surface area contributed by atoms with Gasteiger partial charge in [0.05, 0.1) is 6.20 Å². The molecule has 0 radical (unpaired) electrons. The zero-order chi connectivity index (χ0) is 12.1. The lowest BCUT2D eigenvalue weighted by atomic mass is 10.4. The van der Waals surface area contributed by atoms with E-state index < -0.39 is 0 Å². The van der Waals surface area contributed by atoms with Gasteiger partial charge in [-0.1, -0.05) is 0 Å². The maximum atomic E-state index is 8.82. The van der Waals surface area contributed by atoms with E-state index in [2.05, 4.69) is 9.97 Å². The summed E-state index contributed by atoms with van der Waals surface area (Å²) in [7, 11) is 3.88. The van der Waals surface area contributed by atoms with Gasteiger partial charge >= 0.3 is 0 Å². The van der Waals surface area contributed by atoms with Gasteiger partial charge in [0.15, 0.2) is 0 Å². The highest BCUT2D eigenvalue weighted by molar-refractivity contribution is 7.59. The van der Waals surface area contributed by atoms with Crippen LogP contribution in [0.1, 0.15) is 12.6 Å². The lowest BCUT2D eigenvalue weighted by Crippen LogP contribution is -2.28. The van der Waals surface area contributed by atoms with Crippen LogP contribution in [0.5, 0.6) is 5.88 Å². The van der Waals surface area contributed by atoms with Crippen LogP contribution in [0.3, 0.4) is 0 Å². The summed E-state index contributed by atoms with van der Waals surface area (Å²) in [5.74, 6) is 0.433. The number of nitriles is 1. The Bertz CT molecular complexity index is 404. The largest absolute Gasteiger partial charge is 0.471 e. The molecule has 2 N–H and O–H groups in total. The van der Waals surface area contributed by atoms with Gasteiger partial charge in [0.1, 0.15) is 18.0 Å². The Morgan fingerprint density at radius 1 is 1.59 bits per heavy atom. The molecule has 1 atom stereocenters. The van der Waals surface area contributed by atoms with Crippen molar-refractivity contribution >= 4 is 19.3 Å². The number of hydrogen-bond donors (Lipinski definition) is 1. The molecule has 94 valence electrons. The molecular weight excluding hydrogens is 238 g/mol. The molecule has 0 unspecified atom stereocenters. The molecule has 0 fully saturated rings. The molecule has 1 rings (SSSR count). The number of likely N-dealkylation sites (N-methyl/N-ethyl adjacent to an activating group) is 1. The van der Waals surface area contributed by atoms with Gasteiger partial charge in [-0.3, -0.25) is 0 Å². The van der Waals surface area contributed by atoms with Crippen LogP contribution in [-0.2, 0) is 0 Å². The molecule has 0 aliphatic rings. The molecule has 6 nitrogen and oxygen atoms in total. The zero-order valence-electron chi connectivity index (χ0n) is 10.1. The van der Waals surface area contributed by atoms with E-state index in [9.17, 15) is 0 Å². The van der Waals surface area contributed by atoms with Crippen LogP contribution in [0.4, 0.5) is 5.82 Å². The van der Waals surface area contributed by atoms with Crippen LogP contribution < -0.4 is 10.5 Å². The minimum Gasteiger partial charge on any atom is -0.471 e. The summed E-state index contributed by atoms with van der Waals surface area (Å²) in [6.45, 7) is 2.62. The second-order valence-corrected chi connectivity index (χ2v) is 3.75. The summed E-state index contributed by atoms with van der Waals surface area (Å²) in [6, 6.07) is 1.91. The number of nitrogen functional groups attached to an aromatic ring is 1. The van der Waals surface area contributed by atoms with E-state index in [0.29, 0.717) is 0 Å². The number of aromatic nitrogens is 2. The van der Waals surface area contributed by atoms with Crippen molar-refractivity contribution in [3.8, 4) is 11.9 Å². The van der Waals surface area contributed by atoms with Crippen LogP contribution in [0.2, 0.25) is 0 Å². The summed E-state index contributed by atoms with van der Waals surface area (Å²) in [4.78, 5) is 9.77. The molecular formula is C10H17N5OS. The Morgan fingerprint density at radius 2 is 2.24 bits per heavy atom. The maximum Gasteiger partial charge on any atom is 0.253 e. The average Bonchev–Trinajstić information content (AvgIpc) is 2.16. The van der Waals surface area contributed by atoms with Crippen molar-refractivity contribution in [1.29, 1.82) is 5.26 Å². The van der Waals surface area contributed by atoms with E-state index in [1.165, 1.54) is 6.20 Å². The molecule has 17 heavy (non-hydrogen) atoms. The smallest absolute Gasteiger partial charge is 0.253 e. The van der Waals surface area contributed by atoms with E-state index in [-0.39, 0.29) is 37.0 Å². The van der Waals surface area contributed by atoms with Crippen molar-refractivity contribution in [2.75, 3.05) is 26.4 Å². The number of hydrogen-bond acceptors (Lipinski definition) is 6. The standard InChI is InChI=1S/C10H15N5O.H2S/c1-7(6-15(2)3)16-10-8(4-11)13-5-9(12)14-10;/h5,7H,6H2,1-3H3,(H2,12,14);1H2/t7-;/m0./s1. The average molecular weight is 255 g/mol.